The van der Waals surface area contributed by atoms with Crippen molar-refractivity contribution in [3.8, 4) is 22.3 Å². The first-order valence-corrected chi connectivity index (χ1v) is 14.5. The van der Waals surface area contributed by atoms with E-state index in [1.54, 1.807) is 24.3 Å². The van der Waals surface area contributed by atoms with Gasteiger partial charge in [-0.2, -0.15) is 0 Å². The summed E-state index contributed by atoms with van der Waals surface area (Å²) in [6.07, 6.45) is -0.711. The predicted molar refractivity (Wildman–Crippen MR) is 169 cm³/mol. The Kier molecular flexibility index (Phi) is 9.86. The number of amides is 3. The number of methoxy groups -OCH3 is 1. The molecule has 1 aliphatic carbocycles. The smallest absolute Gasteiger partial charge is 0.407 e. The van der Waals surface area contributed by atoms with Crippen LogP contribution in [0.5, 0.6) is 0 Å². The van der Waals surface area contributed by atoms with Gasteiger partial charge in [0.15, 0.2) is 0 Å². The van der Waals surface area contributed by atoms with Gasteiger partial charge in [-0.05, 0) is 51.1 Å². The molecule has 0 saturated carbocycles. The Hall–Kier alpha value is -5.48. The Labute approximate surface area is 260 Å². The third-order valence-corrected chi connectivity index (χ3v) is 7.69. The van der Waals surface area contributed by atoms with Crippen LogP contribution in [0, 0.1) is 0 Å². The number of esters is 1. The minimum Gasteiger partial charge on any atom is -0.467 e. The summed E-state index contributed by atoms with van der Waals surface area (Å²) in [4.78, 5) is 49.4. The van der Waals surface area contributed by atoms with E-state index in [0.717, 1.165) is 38.9 Å². The summed E-state index contributed by atoms with van der Waals surface area (Å²) < 4.78 is 10.4. The van der Waals surface area contributed by atoms with Gasteiger partial charge in [-0.1, -0.05) is 84.9 Å². The first-order valence-electron chi connectivity index (χ1n) is 14.5. The summed E-state index contributed by atoms with van der Waals surface area (Å²) in [5.41, 5.74) is 12.8. The third kappa shape index (κ3) is 7.36. The van der Waals surface area contributed by atoms with Crippen LogP contribution in [0.15, 0.2) is 97.1 Å². The lowest BCUT2D eigenvalue weighted by Gasteiger charge is -2.18. The van der Waals surface area contributed by atoms with Crippen LogP contribution < -0.4 is 21.7 Å². The van der Waals surface area contributed by atoms with Crippen LogP contribution in [0.3, 0.4) is 0 Å². The molecule has 4 aromatic rings. The molecule has 0 spiro atoms. The van der Waals surface area contributed by atoms with Gasteiger partial charge in [-0.3, -0.25) is 9.59 Å². The molecule has 1 aliphatic rings. The summed E-state index contributed by atoms with van der Waals surface area (Å²) >= 11 is 0. The SMILES string of the molecule is COC(=O)[C@H](CNC(=O)OCC1c2ccccc2-c2ccccc21)NC(=O)c1ccc(-c2ccc(CNC(=O)CN)cc2)cc1. The lowest BCUT2D eigenvalue weighted by Crippen LogP contribution is -2.49. The number of ether oxygens (including phenoxy) is 2. The van der Waals surface area contributed by atoms with E-state index < -0.39 is 24.0 Å². The quantitative estimate of drug-likeness (QED) is 0.190. The van der Waals surface area contributed by atoms with Gasteiger partial charge < -0.3 is 31.2 Å². The molecular formula is C35H34N4O6. The van der Waals surface area contributed by atoms with E-state index in [1.165, 1.54) is 7.11 Å². The molecule has 0 bridgehead atoms. The monoisotopic (exact) mass is 606 g/mol. The third-order valence-electron chi connectivity index (χ3n) is 7.69. The molecule has 5 rings (SSSR count). The lowest BCUT2D eigenvalue weighted by atomic mass is 9.98. The molecule has 4 aromatic carbocycles. The van der Waals surface area contributed by atoms with Gasteiger partial charge in [0, 0.05) is 18.0 Å². The lowest BCUT2D eigenvalue weighted by molar-refractivity contribution is -0.142. The van der Waals surface area contributed by atoms with Crippen molar-refractivity contribution in [3.63, 3.8) is 0 Å². The molecule has 0 aromatic heterocycles. The standard InChI is InChI=1S/C35H34N4O6/c1-44-34(42)31(20-38-35(43)45-21-30-28-8-4-2-6-26(28)27-7-3-5-9-29(27)30)39-33(41)25-16-14-24(15-17-25)23-12-10-22(11-13-23)19-37-32(40)18-36/h2-17,30-31H,18-21,36H2,1H3,(H,37,40)(H,38,43)(H,39,41)/t31-/m0/s1. The Balaban J connectivity index is 1.15. The zero-order valence-electron chi connectivity index (χ0n) is 24.7. The molecular weight excluding hydrogens is 572 g/mol. The van der Waals surface area contributed by atoms with E-state index in [4.69, 9.17) is 15.2 Å². The van der Waals surface area contributed by atoms with E-state index in [1.807, 2.05) is 60.7 Å². The highest BCUT2D eigenvalue weighted by molar-refractivity contribution is 5.97. The highest BCUT2D eigenvalue weighted by Gasteiger charge is 2.29. The van der Waals surface area contributed by atoms with Crippen molar-refractivity contribution in [1.82, 2.24) is 16.0 Å². The number of nitrogens with two attached hydrogens (primary N) is 1. The van der Waals surface area contributed by atoms with Crippen molar-refractivity contribution in [1.29, 1.82) is 0 Å². The fourth-order valence-electron chi connectivity index (χ4n) is 5.31. The van der Waals surface area contributed by atoms with Crippen LogP contribution in [-0.4, -0.2) is 56.7 Å². The first-order chi connectivity index (χ1) is 21.9. The van der Waals surface area contributed by atoms with Crippen molar-refractivity contribution < 1.29 is 28.7 Å². The number of alkyl carbamates (subject to hydrolysis) is 1. The van der Waals surface area contributed by atoms with E-state index in [9.17, 15) is 19.2 Å². The molecule has 0 saturated heterocycles. The van der Waals surface area contributed by atoms with Crippen LogP contribution in [0.1, 0.15) is 33.0 Å². The minimum absolute atomic E-state index is 0.0620. The topological polar surface area (TPSA) is 149 Å². The van der Waals surface area contributed by atoms with E-state index in [0.29, 0.717) is 12.1 Å². The molecule has 0 unspecified atom stereocenters. The summed E-state index contributed by atoms with van der Waals surface area (Å²) in [5, 5.41) is 7.93. The Morgan fingerprint density at radius 3 is 1.93 bits per heavy atom. The predicted octanol–water partition coefficient (Wildman–Crippen LogP) is 3.74. The maximum Gasteiger partial charge on any atom is 0.407 e. The minimum atomic E-state index is -1.13. The zero-order chi connectivity index (χ0) is 31.8. The van der Waals surface area contributed by atoms with Crippen molar-refractivity contribution in [2.75, 3.05) is 26.8 Å². The molecule has 0 fully saturated rings. The second-order valence-corrected chi connectivity index (χ2v) is 10.5. The molecule has 0 radical (unpaired) electrons. The number of nitrogens with one attached hydrogen (secondary N) is 3. The largest absolute Gasteiger partial charge is 0.467 e. The van der Waals surface area contributed by atoms with E-state index in [2.05, 4.69) is 28.1 Å². The number of carbonyl (C=O) groups is 4. The average molecular weight is 607 g/mol. The van der Waals surface area contributed by atoms with Crippen molar-refractivity contribution in [3.05, 3.63) is 119 Å². The van der Waals surface area contributed by atoms with E-state index in [-0.39, 0.29) is 31.5 Å². The van der Waals surface area contributed by atoms with Crippen LogP contribution in [0.25, 0.3) is 22.3 Å². The molecule has 10 heteroatoms. The zero-order valence-corrected chi connectivity index (χ0v) is 24.7. The summed E-state index contributed by atoms with van der Waals surface area (Å²) in [5.74, 6) is -1.54. The summed E-state index contributed by atoms with van der Waals surface area (Å²) in [6, 6.07) is 29.4. The number of carbonyl (C=O) groups excluding carboxylic acids is 4. The number of fused-ring (bicyclic) bond motifs is 3. The number of hydrogen-bond donors (Lipinski definition) is 4. The second kappa shape index (κ2) is 14.3. The maximum absolute atomic E-state index is 13.0. The van der Waals surface area contributed by atoms with Crippen LogP contribution in [-0.2, 0) is 25.6 Å². The number of hydrogen-bond acceptors (Lipinski definition) is 7. The van der Waals surface area contributed by atoms with Crippen molar-refractivity contribution in [2.45, 2.75) is 18.5 Å². The summed E-state index contributed by atoms with van der Waals surface area (Å²) in [7, 11) is 1.21. The van der Waals surface area contributed by atoms with Gasteiger partial charge in [0.2, 0.25) is 5.91 Å². The highest BCUT2D eigenvalue weighted by atomic mass is 16.5. The van der Waals surface area contributed by atoms with Gasteiger partial charge in [0.25, 0.3) is 5.91 Å². The molecule has 3 amide bonds. The molecule has 230 valence electrons. The van der Waals surface area contributed by atoms with Gasteiger partial charge >= 0.3 is 12.1 Å². The molecule has 0 aliphatic heterocycles. The van der Waals surface area contributed by atoms with Crippen molar-refractivity contribution in [2.24, 2.45) is 5.73 Å². The van der Waals surface area contributed by atoms with Crippen LogP contribution >= 0.6 is 0 Å². The Bertz CT molecular complexity index is 1640. The fourth-order valence-corrected chi connectivity index (χ4v) is 5.31. The maximum atomic E-state index is 13.0. The molecule has 0 heterocycles. The van der Waals surface area contributed by atoms with Crippen molar-refractivity contribution >= 4 is 23.9 Å². The number of benzene rings is 4. The van der Waals surface area contributed by atoms with Crippen LogP contribution in [0.4, 0.5) is 4.79 Å². The molecule has 5 N–H and O–H groups in total. The average Bonchev–Trinajstić information content (AvgIpc) is 3.41. The fraction of sp³-hybridized carbons (Fsp3) is 0.200. The molecule has 10 nitrogen and oxygen atoms in total. The second-order valence-electron chi connectivity index (χ2n) is 10.5. The van der Waals surface area contributed by atoms with Gasteiger partial charge in [0.05, 0.1) is 20.2 Å². The normalized spacial score (nSPS) is 12.3. The van der Waals surface area contributed by atoms with Gasteiger partial charge in [0.1, 0.15) is 12.6 Å². The van der Waals surface area contributed by atoms with Gasteiger partial charge in [-0.25, -0.2) is 9.59 Å². The summed E-state index contributed by atoms with van der Waals surface area (Å²) in [6.45, 7) is 0.223. The first kappa shape index (κ1) is 31.0. The highest BCUT2D eigenvalue weighted by Crippen LogP contribution is 2.44. The van der Waals surface area contributed by atoms with Crippen LogP contribution in [0.2, 0.25) is 0 Å². The number of rotatable bonds is 11. The molecule has 1 atom stereocenters. The Morgan fingerprint density at radius 1 is 0.778 bits per heavy atom. The molecule has 45 heavy (non-hydrogen) atoms. The Morgan fingerprint density at radius 2 is 1.36 bits per heavy atom. The van der Waals surface area contributed by atoms with E-state index >= 15 is 0 Å². The van der Waals surface area contributed by atoms with Gasteiger partial charge in [-0.15, -0.1) is 0 Å².